The Labute approximate surface area is 150 Å². The molecule has 0 saturated carbocycles. The van der Waals surface area contributed by atoms with E-state index in [2.05, 4.69) is 10.6 Å². The molecule has 0 aromatic heterocycles. The summed E-state index contributed by atoms with van der Waals surface area (Å²) in [6.07, 6.45) is 0. The van der Waals surface area contributed by atoms with E-state index >= 15 is 0 Å². The molecule has 0 atom stereocenters. The lowest BCUT2D eigenvalue weighted by Gasteiger charge is -2.10. The Kier molecular flexibility index (Phi) is 6.21. The number of amides is 2. The van der Waals surface area contributed by atoms with Gasteiger partial charge in [0.05, 0.1) is 11.3 Å². The maximum Gasteiger partial charge on any atom is 0.338 e. The third kappa shape index (κ3) is 5.27. The number of anilines is 2. The van der Waals surface area contributed by atoms with Gasteiger partial charge in [-0.15, -0.1) is 0 Å². The molecule has 2 N–H and O–H groups in total. The fourth-order valence-electron chi connectivity index (χ4n) is 2.23. The summed E-state index contributed by atoms with van der Waals surface area (Å²) in [5.74, 6) is -1.72. The molecule has 0 aliphatic rings. The van der Waals surface area contributed by atoms with Crippen molar-refractivity contribution < 1.29 is 23.9 Å². The molecule has 0 spiro atoms. The fourth-order valence-corrected chi connectivity index (χ4v) is 2.23. The molecular formula is C19H18N2O5. The smallest absolute Gasteiger partial charge is 0.338 e. The van der Waals surface area contributed by atoms with Gasteiger partial charge in [0.1, 0.15) is 0 Å². The molecule has 0 radical (unpaired) electrons. The zero-order valence-corrected chi connectivity index (χ0v) is 14.4. The molecule has 0 heterocycles. The van der Waals surface area contributed by atoms with E-state index in [9.17, 15) is 19.2 Å². The molecule has 2 rings (SSSR count). The van der Waals surface area contributed by atoms with E-state index in [1.165, 1.54) is 26.0 Å². The third-order valence-corrected chi connectivity index (χ3v) is 3.33. The summed E-state index contributed by atoms with van der Waals surface area (Å²) in [5.41, 5.74) is 1.38. The minimum absolute atomic E-state index is 0.187. The number of carbonyl (C=O) groups is 4. The Morgan fingerprint density at radius 1 is 0.923 bits per heavy atom. The largest absolute Gasteiger partial charge is 0.452 e. The highest BCUT2D eigenvalue weighted by Crippen LogP contribution is 2.16. The van der Waals surface area contributed by atoms with E-state index in [0.717, 1.165) is 0 Å². The van der Waals surface area contributed by atoms with Crippen LogP contribution in [0.15, 0.2) is 48.5 Å². The molecule has 134 valence electrons. The third-order valence-electron chi connectivity index (χ3n) is 3.33. The Bertz CT molecular complexity index is 861. The molecular weight excluding hydrogens is 336 g/mol. The summed E-state index contributed by atoms with van der Waals surface area (Å²) in [5, 5.41) is 5.10. The average molecular weight is 354 g/mol. The van der Waals surface area contributed by atoms with Gasteiger partial charge in [-0.25, -0.2) is 4.79 Å². The molecule has 7 nitrogen and oxygen atoms in total. The second kappa shape index (κ2) is 8.57. The summed E-state index contributed by atoms with van der Waals surface area (Å²) in [7, 11) is 0. The van der Waals surface area contributed by atoms with Gasteiger partial charge in [-0.1, -0.05) is 18.2 Å². The lowest BCUT2D eigenvalue weighted by Crippen LogP contribution is -2.22. The van der Waals surface area contributed by atoms with E-state index in [-0.39, 0.29) is 17.3 Å². The molecule has 0 saturated heterocycles. The van der Waals surface area contributed by atoms with Crippen LogP contribution in [0.2, 0.25) is 0 Å². The SMILES string of the molecule is CC(=O)Nc1cccc(C(=O)OCC(=O)Nc2ccccc2C(C)=O)c1. The zero-order chi connectivity index (χ0) is 19.1. The van der Waals surface area contributed by atoms with Crippen LogP contribution in [-0.4, -0.2) is 30.2 Å². The van der Waals surface area contributed by atoms with Gasteiger partial charge in [0.2, 0.25) is 5.91 Å². The number of hydrogen-bond donors (Lipinski definition) is 2. The predicted molar refractivity (Wildman–Crippen MR) is 96.1 cm³/mol. The Morgan fingerprint density at radius 2 is 1.65 bits per heavy atom. The van der Waals surface area contributed by atoms with Crippen molar-refractivity contribution in [2.24, 2.45) is 0 Å². The molecule has 2 amide bonds. The number of carbonyl (C=O) groups excluding carboxylic acids is 4. The van der Waals surface area contributed by atoms with Crippen molar-refractivity contribution in [3.05, 3.63) is 59.7 Å². The zero-order valence-electron chi connectivity index (χ0n) is 14.4. The van der Waals surface area contributed by atoms with Crippen LogP contribution in [0.3, 0.4) is 0 Å². The second-order valence-electron chi connectivity index (χ2n) is 5.49. The topological polar surface area (TPSA) is 102 Å². The lowest BCUT2D eigenvalue weighted by molar-refractivity contribution is -0.119. The summed E-state index contributed by atoms with van der Waals surface area (Å²) >= 11 is 0. The van der Waals surface area contributed by atoms with Crippen molar-refractivity contribution in [1.82, 2.24) is 0 Å². The first-order valence-electron chi connectivity index (χ1n) is 7.81. The van der Waals surface area contributed by atoms with Crippen molar-refractivity contribution >= 4 is 34.9 Å². The lowest BCUT2D eigenvalue weighted by atomic mass is 10.1. The van der Waals surface area contributed by atoms with Gasteiger partial charge < -0.3 is 15.4 Å². The van der Waals surface area contributed by atoms with Gasteiger partial charge in [-0.3, -0.25) is 14.4 Å². The fraction of sp³-hybridized carbons (Fsp3) is 0.158. The summed E-state index contributed by atoms with van der Waals surface area (Å²) < 4.78 is 4.97. The van der Waals surface area contributed by atoms with E-state index in [4.69, 9.17) is 4.74 Å². The van der Waals surface area contributed by atoms with Crippen molar-refractivity contribution in [1.29, 1.82) is 0 Å². The number of esters is 1. The highest BCUT2D eigenvalue weighted by Gasteiger charge is 2.13. The van der Waals surface area contributed by atoms with Crippen LogP contribution < -0.4 is 10.6 Å². The molecule has 0 fully saturated rings. The van der Waals surface area contributed by atoms with Crippen molar-refractivity contribution in [2.45, 2.75) is 13.8 Å². The van der Waals surface area contributed by atoms with Crippen LogP contribution in [0.4, 0.5) is 11.4 Å². The monoisotopic (exact) mass is 354 g/mol. The van der Waals surface area contributed by atoms with Crippen molar-refractivity contribution in [3.8, 4) is 0 Å². The number of nitrogens with one attached hydrogen (secondary N) is 2. The van der Waals surface area contributed by atoms with Gasteiger partial charge in [0.15, 0.2) is 12.4 Å². The summed E-state index contributed by atoms with van der Waals surface area (Å²) in [6, 6.07) is 12.7. The molecule has 2 aromatic rings. The van der Waals surface area contributed by atoms with E-state index in [1.807, 2.05) is 0 Å². The number of ketones is 1. The Hall–Kier alpha value is -3.48. The van der Waals surface area contributed by atoms with E-state index < -0.39 is 18.5 Å². The Balaban J connectivity index is 1.96. The van der Waals surface area contributed by atoms with Crippen LogP contribution in [-0.2, 0) is 14.3 Å². The van der Waals surface area contributed by atoms with Gasteiger partial charge in [-0.2, -0.15) is 0 Å². The van der Waals surface area contributed by atoms with Gasteiger partial charge in [0, 0.05) is 18.2 Å². The predicted octanol–water partition coefficient (Wildman–Crippen LogP) is 2.64. The summed E-state index contributed by atoms with van der Waals surface area (Å²) in [6.45, 7) is 2.25. The van der Waals surface area contributed by atoms with Crippen LogP contribution >= 0.6 is 0 Å². The first kappa shape index (κ1) is 18.9. The minimum atomic E-state index is -0.702. The van der Waals surface area contributed by atoms with Gasteiger partial charge in [0.25, 0.3) is 5.91 Å². The maximum absolute atomic E-state index is 12.0. The normalized spacial score (nSPS) is 9.92. The molecule has 0 aliphatic carbocycles. The first-order valence-corrected chi connectivity index (χ1v) is 7.81. The van der Waals surface area contributed by atoms with Crippen molar-refractivity contribution in [3.63, 3.8) is 0 Å². The van der Waals surface area contributed by atoms with Crippen LogP contribution in [0, 0.1) is 0 Å². The number of hydrogen-bond acceptors (Lipinski definition) is 5. The minimum Gasteiger partial charge on any atom is -0.452 e. The molecule has 0 aliphatic heterocycles. The standard InChI is InChI=1S/C19H18N2O5/c1-12(22)16-8-3-4-9-17(16)21-18(24)11-26-19(25)14-6-5-7-15(10-14)20-13(2)23/h3-10H,11H2,1-2H3,(H,20,23)(H,21,24). The van der Waals surface area contributed by atoms with Gasteiger partial charge >= 0.3 is 5.97 Å². The van der Waals surface area contributed by atoms with Crippen molar-refractivity contribution in [2.75, 3.05) is 17.2 Å². The van der Waals surface area contributed by atoms with Gasteiger partial charge in [-0.05, 0) is 37.3 Å². The van der Waals surface area contributed by atoms with Crippen LogP contribution in [0.1, 0.15) is 34.6 Å². The quantitative estimate of drug-likeness (QED) is 0.613. The second-order valence-corrected chi connectivity index (χ2v) is 5.49. The first-order chi connectivity index (χ1) is 12.4. The molecule has 2 aromatic carbocycles. The molecule has 0 unspecified atom stereocenters. The number of ether oxygens (including phenoxy) is 1. The van der Waals surface area contributed by atoms with E-state index in [1.54, 1.807) is 36.4 Å². The van der Waals surface area contributed by atoms with E-state index in [0.29, 0.717) is 16.9 Å². The van der Waals surface area contributed by atoms with Crippen LogP contribution in [0.5, 0.6) is 0 Å². The number of Topliss-reactive ketones (excluding diaryl/α,β-unsaturated/α-hetero) is 1. The number of benzene rings is 2. The average Bonchev–Trinajstić information content (AvgIpc) is 2.59. The molecule has 26 heavy (non-hydrogen) atoms. The maximum atomic E-state index is 12.0. The highest BCUT2D eigenvalue weighted by atomic mass is 16.5. The van der Waals surface area contributed by atoms with Crippen LogP contribution in [0.25, 0.3) is 0 Å². The molecule has 7 heteroatoms. The Morgan fingerprint density at radius 3 is 2.35 bits per heavy atom. The number of rotatable bonds is 6. The summed E-state index contributed by atoms with van der Waals surface area (Å²) in [4.78, 5) is 46.6. The number of para-hydroxylation sites is 1. The molecule has 0 bridgehead atoms. The highest BCUT2D eigenvalue weighted by molar-refractivity contribution is 6.04.